The van der Waals surface area contributed by atoms with E-state index in [0.29, 0.717) is 5.92 Å². The van der Waals surface area contributed by atoms with Gasteiger partial charge in [0.25, 0.3) is 0 Å². The topological polar surface area (TPSA) is 27.0 Å². The monoisotopic (exact) mass is 152 g/mol. The fourth-order valence-corrected chi connectivity index (χ4v) is 2.09. The molecular weight excluding hydrogens is 136 g/mol. The van der Waals surface area contributed by atoms with Crippen LogP contribution in [0.25, 0.3) is 0 Å². The molecule has 0 aliphatic heterocycles. The van der Waals surface area contributed by atoms with Crippen LogP contribution < -0.4 is 0 Å². The summed E-state index contributed by atoms with van der Waals surface area (Å²) in [4.78, 5) is 2.07. The van der Waals surface area contributed by atoms with Gasteiger partial charge in [-0.1, -0.05) is 13.3 Å². The molecule has 0 bridgehead atoms. The van der Waals surface area contributed by atoms with E-state index >= 15 is 0 Å². The van der Waals surface area contributed by atoms with Gasteiger partial charge in [-0.3, -0.25) is 4.90 Å². The predicted octanol–water partition coefficient (Wildman–Crippen LogP) is 1.63. The lowest BCUT2D eigenvalue weighted by Crippen LogP contribution is -2.44. The maximum Gasteiger partial charge on any atom is 0.111 e. The molecule has 0 aromatic heterocycles. The summed E-state index contributed by atoms with van der Waals surface area (Å²) in [7, 11) is 4.01. The van der Waals surface area contributed by atoms with Gasteiger partial charge >= 0.3 is 0 Å². The molecule has 0 spiro atoms. The average molecular weight is 152 g/mol. The van der Waals surface area contributed by atoms with Gasteiger partial charge in [-0.25, -0.2) is 0 Å². The van der Waals surface area contributed by atoms with Crippen molar-refractivity contribution in [2.75, 3.05) is 14.1 Å². The second kappa shape index (κ2) is 2.83. The van der Waals surface area contributed by atoms with Crippen LogP contribution in [0.3, 0.4) is 0 Å². The van der Waals surface area contributed by atoms with Gasteiger partial charge in [0.05, 0.1) is 6.07 Å². The van der Waals surface area contributed by atoms with Crippen molar-refractivity contribution < 1.29 is 0 Å². The first kappa shape index (κ1) is 8.55. The second-order valence-electron chi connectivity index (χ2n) is 3.72. The Morgan fingerprint density at radius 2 is 2.18 bits per heavy atom. The Morgan fingerprint density at radius 3 is 2.36 bits per heavy atom. The zero-order valence-electron chi connectivity index (χ0n) is 7.59. The van der Waals surface area contributed by atoms with Crippen molar-refractivity contribution in [1.82, 2.24) is 4.90 Å². The quantitative estimate of drug-likeness (QED) is 0.571. The number of hydrogen-bond donors (Lipinski definition) is 0. The summed E-state index contributed by atoms with van der Waals surface area (Å²) < 4.78 is 0. The molecule has 1 fully saturated rings. The van der Waals surface area contributed by atoms with Crippen molar-refractivity contribution >= 4 is 0 Å². The maximum atomic E-state index is 9.07. The molecule has 0 radical (unpaired) electrons. The van der Waals surface area contributed by atoms with Crippen LogP contribution in [0.5, 0.6) is 0 Å². The Morgan fingerprint density at radius 1 is 1.55 bits per heavy atom. The Bertz CT molecular complexity index is 180. The molecule has 0 heterocycles. The van der Waals surface area contributed by atoms with Crippen LogP contribution in [-0.4, -0.2) is 24.5 Å². The lowest BCUT2D eigenvalue weighted by molar-refractivity contribution is 0.173. The first-order valence-electron chi connectivity index (χ1n) is 4.22. The van der Waals surface area contributed by atoms with Crippen molar-refractivity contribution in [3.63, 3.8) is 0 Å². The summed E-state index contributed by atoms with van der Waals surface area (Å²) in [6.07, 6.45) is 3.44. The van der Waals surface area contributed by atoms with Gasteiger partial charge in [0.2, 0.25) is 0 Å². The molecular formula is C9H16N2. The van der Waals surface area contributed by atoms with Crippen LogP contribution in [0.2, 0.25) is 0 Å². The smallest absolute Gasteiger partial charge is 0.111 e. The standard InChI is InChI=1S/C9H16N2/c1-8-5-4-6-9(8,7-10)11(2)3/h8H,4-6H2,1-3H3. The Balaban J connectivity index is 2.84. The molecule has 2 atom stereocenters. The highest BCUT2D eigenvalue weighted by molar-refractivity contribution is 5.12. The largest absolute Gasteiger partial charge is 0.291 e. The van der Waals surface area contributed by atoms with Gasteiger partial charge in [0.1, 0.15) is 5.54 Å². The summed E-state index contributed by atoms with van der Waals surface area (Å²) in [5.41, 5.74) is -0.167. The number of nitrogens with zero attached hydrogens (tertiary/aromatic N) is 2. The lowest BCUT2D eigenvalue weighted by atomic mass is 9.89. The van der Waals surface area contributed by atoms with Crippen molar-refractivity contribution in [2.45, 2.75) is 31.7 Å². The molecule has 0 N–H and O–H groups in total. The van der Waals surface area contributed by atoms with Crippen molar-refractivity contribution in [3.8, 4) is 6.07 Å². The molecule has 0 saturated heterocycles. The molecule has 2 heteroatoms. The molecule has 2 nitrogen and oxygen atoms in total. The van der Waals surface area contributed by atoms with E-state index in [1.54, 1.807) is 0 Å². The fraction of sp³-hybridized carbons (Fsp3) is 0.889. The number of hydrogen-bond acceptors (Lipinski definition) is 2. The molecule has 1 saturated carbocycles. The molecule has 0 aromatic rings. The molecule has 1 aliphatic carbocycles. The van der Waals surface area contributed by atoms with Crippen LogP contribution in [0.1, 0.15) is 26.2 Å². The normalized spacial score (nSPS) is 37.5. The van der Waals surface area contributed by atoms with Gasteiger partial charge in [0.15, 0.2) is 0 Å². The fourth-order valence-electron chi connectivity index (χ4n) is 2.09. The van der Waals surface area contributed by atoms with Crippen molar-refractivity contribution in [1.29, 1.82) is 5.26 Å². The minimum absolute atomic E-state index is 0.167. The van der Waals surface area contributed by atoms with Crippen LogP contribution in [0.4, 0.5) is 0 Å². The third kappa shape index (κ3) is 1.14. The number of nitriles is 1. The highest BCUT2D eigenvalue weighted by Crippen LogP contribution is 2.38. The predicted molar refractivity (Wildman–Crippen MR) is 45.0 cm³/mol. The summed E-state index contributed by atoms with van der Waals surface area (Å²) in [5.74, 6) is 0.530. The van der Waals surface area contributed by atoms with E-state index in [-0.39, 0.29) is 5.54 Å². The van der Waals surface area contributed by atoms with E-state index in [1.165, 1.54) is 12.8 Å². The van der Waals surface area contributed by atoms with E-state index in [2.05, 4.69) is 17.9 Å². The third-order valence-electron chi connectivity index (χ3n) is 3.00. The Labute approximate surface area is 68.8 Å². The van der Waals surface area contributed by atoms with E-state index in [4.69, 9.17) is 5.26 Å². The van der Waals surface area contributed by atoms with Gasteiger partial charge in [-0.2, -0.15) is 5.26 Å². The Kier molecular flexibility index (Phi) is 2.20. The first-order valence-corrected chi connectivity index (χ1v) is 4.22. The summed E-state index contributed by atoms with van der Waals surface area (Å²) in [6, 6.07) is 2.45. The van der Waals surface area contributed by atoms with Crippen LogP contribution in [0.15, 0.2) is 0 Å². The zero-order chi connectivity index (χ0) is 8.48. The third-order valence-corrected chi connectivity index (χ3v) is 3.00. The molecule has 0 aromatic carbocycles. The van der Waals surface area contributed by atoms with E-state index < -0.39 is 0 Å². The van der Waals surface area contributed by atoms with Crippen LogP contribution in [-0.2, 0) is 0 Å². The number of rotatable bonds is 1. The molecule has 1 aliphatic rings. The summed E-state index contributed by atoms with van der Waals surface area (Å²) in [5, 5.41) is 9.07. The molecule has 62 valence electrons. The molecule has 11 heavy (non-hydrogen) atoms. The van der Waals surface area contributed by atoms with E-state index in [1.807, 2.05) is 14.1 Å². The van der Waals surface area contributed by atoms with Gasteiger partial charge in [-0.15, -0.1) is 0 Å². The molecule has 1 rings (SSSR count). The second-order valence-corrected chi connectivity index (χ2v) is 3.72. The summed E-state index contributed by atoms with van der Waals surface area (Å²) >= 11 is 0. The lowest BCUT2D eigenvalue weighted by Gasteiger charge is -2.33. The SMILES string of the molecule is CC1CCCC1(C#N)N(C)C. The minimum Gasteiger partial charge on any atom is -0.291 e. The highest BCUT2D eigenvalue weighted by atomic mass is 15.2. The zero-order valence-corrected chi connectivity index (χ0v) is 7.59. The van der Waals surface area contributed by atoms with Crippen LogP contribution >= 0.6 is 0 Å². The van der Waals surface area contributed by atoms with Gasteiger partial charge in [-0.05, 0) is 32.9 Å². The Hall–Kier alpha value is -0.550. The summed E-state index contributed by atoms with van der Waals surface area (Å²) in [6.45, 7) is 2.18. The molecule has 0 amide bonds. The van der Waals surface area contributed by atoms with E-state index in [9.17, 15) is 0 Å². The highest BCUT2D eigenvalue weighted by Gasteiger charge is 2.42. The van der Waals surface area contributed by atoms with Crippen molar-refractivity contribution in [2.24, 2.45) is 5.92 Å². The van der Waals surface area contributed by atoms with Crippen molar-refractivity contribution in [3.05, 3.63) is 0 Å². The first-order chi connectivity index (χ1) is 5.13. The maximum absolute atomic E-state index is 9.07. The van der Waals surface area contributed by atoms with E-state index in [0.717, 1.165) is 6.42 Å². The minimum atomic E-state index is -0.167. The van der Waals surface area contributed by atoms with Crippen LogP contribution in [0, 0.1) is 17.2 Å². The van der Waals surface area contributed by atoms with Gasteiger partial charge in [0, 0.05) is 0 Å². The van der Waals surface area contributed by atoms with Gasteiger partial charge < -0.3 is 0 Å². The molecule has 2 unspecified atom stereocenters. The average Bonchev–Trinajstić information content (AvgIpc) is 2.32.